The van der Waals surface area contributed by atoms with Crippen LogP contribution in [0.1, 0.15) is 50.1 Å². The van der Waals surface area contributed by atoms with Gasteiger partial charge in [-0.15, -0.1) is 6.42 Å². The summed E-state index contributed by atoms with van der Waals surface area (Å²) in [6.07, 6.45) is 8.18. The second-order valence-electron chi connectivity index (χ2n) is 14.3. The van der Waals surface area contributed by atoms with Crippen molar-refractivity contribution in [1.82, 2.24) is 24.8 Å². The SMILES string of the molecule is C#Cc1c(F)ccc2cc(O)cc(-c3cc4nc(OC[C@@]56CCCN5C[C@H](F)C6)nc(N5CC6CCC(C5)N6)c4c(=O)n3C3CC3(F)F)c12. The van der Waals surface area contributed by atoms with Crippen molar-refractivity contribution in [1.29, 1.82) is 0 Å². The van der Waals surface area contributed by atoms with Crippen LogP contribution in [0.25, 0.3) is 32.9 Å². The van der Waals surface area contributed by atoms with Crippen LogP contribution in [0.2, 0.25) is 0 Å². The topological polar surface area (TPSA) is 95.8 Å². The standard InChI is InChI=1S/C36H34F4N6O3/c1-2-24-26(38)7-4-19-10-23(47)11-25(30(19)24)28-12-27-31(33(48)46(28)29-14-36(29,39)40)32(44-16-21-5-6-22(17-44)41-21)43-34(42-27)49-18-35-8-3-9-45(35)15-20(37)13-35/h1,4,7,10-12,20-22,29,41,47H,3,5-6,8-9,13-18H2/t20-,21?,22?,29?,35+/m1/s1. The Morgan fingerprint density at radius 2 is 1.86 bits per heavy atom. The number of phenols is 1. The maximum Gasteiger partial charge on any atom is 0.319 e. The lowest BCUT2D eigenvalue weighted by Gasteiger charge is -2.34. The summed E-state index contributed by atoms with van der Waals surface area (Å²) in [5.74, 6) is -1.44. The minimum atomic E-state index is -3.17. The van der Waals surface area contributed by atoms with E-state index < -0.39 is 41.5 Å². The molecule has 4 aromatic rings. The molecule has 0 spiro atoms. The fourth-order valence-corrected chi connectivity index (χ4v) is 8.86. The first-order valence-corrected chi connectivity index (χ1v) is 16.8. The smallest absolute Gasteiger partial charge is 0.319 e. The number of nitrogens with zero attached hydrogens (tertiary/aromatic N) is 5. The Balaban J connectivity index is 1.27. The second-order valence-corrected chi connectivity index (χ2v) is 14.3. The fraction of sp³-hybridized carbons (Fsp3) is 0.472. The predicted octanol–water partition coefficient (Wildman–Crippen LogP) is 4.91. The van der Waals surface area contributed by atoms with E-state index in [0.717, 1.165) is 36.8 Å². The highest BCUT2D eigenvalue weighted by molar-refractivity contribution is 6.03. The number of hydrogen-bond acceptors (Lipinski definition) is 8. The molecule has 2 N–H and O–H groups in total. The zero-order chi connectivity index (χ0) is 33.8. The highest BCUT2D eigenvalue weighted by Crippen LogP contribution is 2.54. The van der Waals surface area contributed by atoms with E-state index in [0.29, 0.717) is 37.3 Å². The van der Waals surface area contributed by atoms with Crippen LogP contribution in [0.15, 0.2) is 35.1 Å². The number of piperazine rings is 1. The number of nitrogens with one attached hydrogen (secondary N) is 1. The average Bonchev–Trinajstić information content (AvgIpc) is 3.31. The molecule has 13 heteroatoms. The van der Waals surface area contributed by atoms with Crippen molar-refractivity contribution in [2.45, 2.75) is 74.3 Å². The zero-order valence-electron chi connectivity index (χ0n) is 26.6. The Morgan fingerprint density at radius 1 is 1.08 bits per heavy atom. The molecule has 2 aromatic carbocycles. The van der Waals surface area contributed by atoms with E-state index in [2.05, 4.69) is 21.1 Å². The number of rotatable bonds is 6. The molecule has 5 aliphatic rings. The summed E-state index contributed by atoms with van der Waals surface area (Å²) in [5, 5.41) is 15.0. The third-order valence-electron chi connectivity index (χ3n) is 11.2. The van der Waals surface area contributed by atoms with E-state index in [4.69, 9.17) is 16.1 Å². The molecule has 49 heavy (non-hydrogen) atoms. The predicted molar refractivity (Wildman–Crippen MR) is 176 cm³/mol. The summed E-state index contributed by atoms with van der Waals surface area (Å²) in [4.78, 5) is 28.2. The Hall–Kier alpha value is -4.41. The van der Waals surface area contributed by atoms with Crippen LogP contribution in [-0.4, -0.2) is 87.0 Å². The van der Waals surface area contributed by atoms with E-state index in [9.17, 15) is 23.1 Å². The van der Waals surface area contributed by atoms with Gasteiger partial charge in [-0.2, -0.15) is 9.97 Å². The third-order valence-corrected chi connectivity index (χ3v) is 11.2. The number of alkyl halides is 3. The number of terminal acetylenes is 1. The first kappa shape index (κ1) is 30.6. The molecule has 5 atom stereocenters. The van der Waals surface area contributed by atoms with Gasteiger partial charge in [0.25, 0.3) is 11.5 Å². The van der Waals surface area contributed by atoms with Crippen molar-refractivity contribution in [3.63, 3.8) is 0 Å². The molecule has 0 amide bonds. The van der Waals surface area contributed by atoms with Crippen LogP contribution in [0, 0.1) is 18.2 Å². The molecule has 1 aliphatic carbocycles. The molecule has 3 unspecified atom stereocenters. The lowest BCUT2D eigenvalue weighted by molar-refractivity contribution is 0.100. The van der Waals surface area contributed by atoms with Gasteiger partial charge in [-0.25, -0.2) is 17.6 Å². The fourth-order valence-electron chi connectivity index (χ4n) is 8.86. The summed E-state index contributed by atoms with van der Waals surface area (Å²) in [7, 11) is 0. The van der Waals surface area contributed by atoms with Crippen LogP contribution in [0.4, 0.5) is 23.4 Å². The van der Waals surface area contributed by atoms with Crippen LogP contribution in [0.3, 0.4) is 0 Å². The number of pyridine rings is 1. The molecule has 4 saturated heterocycles. The van der Waals surface area contributed by atoms with Crippen molar-refractivity contribution in [2.75, 3.05) is 37.7 Å². The number of anilines is 1. The van der Waals surface area contributed by atoms with Gasteiger partial charge >= 0.3 is 6.01 Å². The Morgan fingerprint density at radius 3 is 2.59 bits per heavy atom. The van der Waals surface area contributed by atoms with Crippen LogP contribution >= 0.6 is 0 Å². The molecule has 9 nitrogen and oxygen atoms in total. The lowest BCUT2D eigenvalue weighted by atomic mass is 9.95. The van der Waals surface area contributed by atoms with E-state index >= 15 is 4.39 Å². The van der Waals surface area contributed by atoms with Gasteiger partial charge in [0.05, 0.1) is 22.3 Å². The number of phenolic OH excluding ortho intramolecular Hbond substituents is 1. The molecular formula is C36H34F4N6O3. The molecular weight excluding hydrogens is 640 g/mol. The van der Waals surface area contributed by atoms with Crippen molar-refractivity contribution < 1.29 is 27.4 Å². The first-order valence-electron chi connectivity index (χ1n) is 16.8. The second kappa shape index (κ2) is 10.8. The Bertz CT molecular complexity index is 2140. The minimum absolute atomic E-state index is 0.00658. The van der Waals surface area contributed by atoms with Gasteiger partial charge in [0, 0.05) is 55.5 Å². The molecule has 4 aliphatic heterocycles. The van der Waals surface area contributed by atoms with E-state index in [1.54, 1.807) is 0 Å². The van der Waals surface area contributed by atoms with Crippen LogP contribution in [-0.2, 0) is 0 Å². The Kier molecular flexibility index (Phi) is 6.75. The number of benzene rings is 2. The van der Waals surface area contributed by atoms with Gasteiger partial charge < -0.3 is 20.1 Å². The van der Waals surface area contributed by atoms with Crippen LogP contribution in [0.5, 0.6) is 11.8 Å². The molecule has 1 saturated carbocycles. The molecule has 254 valence electrons. The normalized spacial score (nSPS) is 28.7. The number of aromatic nitrogens is 3. The van der Waals surface area contributed by atoms with E-state index in [-0.39, 0.29) is 63.6 Å². The number of ether oxygens (including phenoxy) is 1. The van der Waals surface area contributed by atoms with Gasteiger partial charge in [0.1, 0.15) is 41.6 Å². The first-order chi connectivity index (χ1) is 23.5. The summed E-state index contributed by atoms with van der Waals surface area (Å²) < 4.78 is 66.9. The highest BCUT2D eigenvalue weighted by atomic mass is 19.3. The largest absolute Gasteiger partial charge is 0.508 e. The van der Waals surface area contributed by atoms with Crippen molar-refractivity contribution in [3.8, 4) is 35.4 Å². The summed E-state index contributed by atoms with van der Waals surface area (Å²) in [5.41, 5.74) is -1.05. The molecule has 0 radical (unpaired) electrons. The maximum atomic E-state index is 15.1. The van der Waals surface area contributed by atoms with Gasteiger partial charge in [-0.05, 0) is 61.9 Å². The van der Waals surface area contributed by atoms with Gasteiger partial charge in [0.2, 0.25) is 0 Å². The van der Waals surface area contributed by atoms with Gasteiger partial charge in [0.15, 0.2) is 0 Å². The Labute approximate surface area is 278 Å². The molecule has 9 rings (SSSR count). The number of halogens is 4. The van der Waals surface area contributed by atoms with Crippen LogP contribution < -0.4 is 20.5 Å². The van der Waals surface area contributed by atoms with E-state index in [1.165, 1.54) is 30.3 Å². The highest BCUT2D eigenvalue weighted by Gasteiger charge is 2.59. The maximum absolute atomic E-state index is 15.1. The monoisotopic (exact) mass is 674 g/mol. The number of aromatic hydroxyl groups is 1. The third kappa shape index (κ3) is 4.86. The minimum Gasteiger partial charge on any atom is -0.508 e. The summed E-state index contributed by atoms with van der Waals surface area (Å²) in [6, 6.07) is 5.67. The quantitative estimate of drug-likeness (QED) is 0.220. The summed E-state index contributed by atoms with van der Waals surface area (Å²) in [6.45, 7) is 2.39. The molecule has 2 bridgehead atoms. The molecule has 2 aromatic heterocycles. The van der Waals surface area contributed by atoms with Gasteiger partial charge in [-0.1, -0.05) is 12.0 Å². The van der Waals surface area contributed by atoms with Crippen molar-refractivity contribution in [3.05, 3.63) is 52.1 Å². The van der Waals surface area contributed by atoms with Crippen molar-refractivity contribution >= 4 is 27.5 Å². The number of hydrogen-bond donors (Lipinski definition) is 2. The zero-order valence-corrected chi connectivity index (χ0v) is 26.6. The van der Waals surface area contributed by atoms with Gasteiger partial charge in [-0.3, -0.25) is 14.3 Å². The molecule has 6 heterocycles. The van der Waals surface area contributed by atoms with E-state index in [1.807, 2.05) is 4.90 Å². The molecule has 5 fully saturated rings. The average molecular weight is 675 g/mol. The van der Waals surface area contributed by atoms with Crippen molar-refractivity contribution in [2.24, 2.45) is 0 Å². The lowest BCUT2D eigenvalue weighted by Crippen LogP contribution is -2.51. The number of fused-ring (bicyclic) bond motifs is 5. The summed E-state index contributed by atoms with van der Waals surface area (Å²) >= 11 is 0.